The number of nitro groups is 1. The second kappa shape index (κ2) is 9.82. The second-order valence-corrected chi connectivity index (χ2v) is 8.68. The lowest BCUT2D eigenvalue weighted by Crippen LogP contribution is -2.18. The zero-order valence-electron chi connectivity index (χ0n) is 17.7. The number of nitrogens with zero attached hydrogens (tertiary/aromatic N) is 2. The molecule has 10 heteroatoms. The largest absolute Gasteiger partial charge is 0.322 e. The van der Waals surface area contributed by atoms with Gasteiger partial charge in [0.15, 0.2) is 0 Å². The minimum Gasteiger partial charge on any atom is -0.322 e. The summed E-state index contributed by atoms with van der Waals surface area (Å²) in [4.78, 5) is 40.5. The molecule has 0 aliphatic rings. The molecule has 0 bridgehead atoms. The van der Waals surface area contributed by atoms with Crippen LogP contribution in [0.2, 0.25) is 5.02 Å². The van der Waals surface area contributed by atoms with E-state index < -0.39 is 16.7 Å². The predicted octanol–water partition coefficient (Wildman–Crippen LogP) is 6.18. The molecule has 0 saturated heterocycles. The summed E-state index contributed by atoms with van der Waals surface area (Å²) in [5, 5.41) is 19.2. The molecule has 0 aliphatic heterocycles. The maximum absolute atomic E-state index is 13.0. The maximum atomic E-state index is 13.0. The first-order valence-electron chi connectivity index (χ1n) is 10.00. The maximum Gasteiger partial charge on any atom is 0.270 e. The molecular formula is C24H17ClN4O4S. The summed E-state index contributed by atoms with van der Waals surface area (Å²) in [5.74, 6) is -1.02. The molecule has 3 aromatic carbocycles. The minimum atomic E-state index is -0.599. The Kier molecular flexibility index (Phi) is 6.67. The van der Waals surface area contributed by atoms with Crippen molar-refractivity contribution in [3.05, 3.63) is 103 Å². The van der Waals surface area contributed by atoms with Gasteiger partial charge in [-0.1, -0.05) is 35.9 Å². The third-order valence-electron chi connectivity index (χ3n) is 4.86. The van der Waals surface area contributed by atoms with Crippen molar-refractivity contribution >= 4 is 51.8 Å². The molecule has 4 rings (SSSR count). The van der Waals surface area contributed by atoms with Crippen LogP contribution >= 0.6 is 22.9 Å². The number of halogens is 1. The van der Waals surface area contributed by atoms with Crippen molar-refractivity contribution in [3.63, 3.8) is 0 Å². The quantitative estimate of drug-likeness (QED) is 0.246. The molecule has 0 spiro atoms. The molecule has 0 atom stereocenters. The molecule has 0 aliphatic carbocycles. The van der Waals surface area contributed by atoms with Gasteiger partial charge in [-0.05, 0) is 37.3 Å². The van der Waals surface area contributed by atoms with E-state index in [1.807, 2.05) is 30.5 Å². The summed E-state index contributed by atoms with van der Waals surface area (Å²) in [5.41, 5.74) is 2.61. The smallest absolute Gasteiger partial charge is 0.270 e. The summed E-state index contributed by atoms with van der Waals surface area (Å²) in [6.45, 7) is 1.93. The number of aryl methyl sites for hydroxylation is 1. The van der Waals surface area contributed by atoms with Crippen molar-refractivity contribution in [1.29, 1.82) is 0 Å². The molecule has 170 valence electrons. The highest BCUT2D eigenvalue weighted by molar-refractivity contribution is 7.09. The van der Waals surface area contributed by atoms with Crippen LogP contribution in [0.25, 0.3) is 11.3 Å². The topological polar surface area (TPSA) is 114 Å². The van der Waals surface area contributed by atoms with Gasteiger partial charge < -0.3 is 10.6 Å². The second-order valence-electron chi connectivity index (χ2n) is 7.21. The number of anilines is 2. The third kappa shape index (κ3) is 5.11. The van der Waals surface area contributed by atoms with Crippen LogP contribution in [0.5, 0.6) is 0 Å². The van der Waals surface area contributed by atoms with Crippen molar-refractivity contribution in [2.45, 2.75) is 6.92 Å². The van der Waals surface area contributed by atoms with Crippen LogP contribution in [0, 0.1) is 17.0 Å². The lowest BCUT2D eigenvalue weighted by molar-refractivity contribution is -0.384. The highest BCUT2D eigenvalue weighted by atomic mass is 35.5. The standard InChI is InChI=1S/C24H17ClN4O4S/c1-14-26-22(13-34-14)15-5-4-6-16(11-15)27-24(31)19-7-2-3-8-21(19)28-23(30)18-10-9-17(29(32)33)12-20(18)25/h2-13H,1H3,(H,27,31)(H,28,30). The van der Waals surface area contributed by atoms with Crippen molar-refractivity contribution in [2.24, 2.45) is 0 Å². The molecule has 1 heterocycles. The van der Waals surface area contributed by atoms with Gasteiger partial charge >= 0.3 is 0 Å². The number of para-hydroxylation sites is 1. The first kappa shape index (κ1) is 23.1. The van der Waals surface area contributed by atoms with Crippen molar-refractivity contribution in [1.82, 2.24) is 4.98 Å². The number of carbonyl (C=O) groups excluding carboxylic acids is 2. The average Bonchev–Trinajstić information content (AvgIpc) is 3.25. The minimum absolute atomic E-state index is 0.0498. The van der Waals surface area contributed by atoms with Gasteiger partial charge in [0.1, 0.15) is 0 Å². The molecule has 0 fully saturated rings. The number of benzene rings is 3. The number of nitrogens with one attached hydrogen (secondary N) is 2. The molecule has 1 aromatic heterocycles. The Morgan fingerprint density at radius 2 is 1.74 bits per heavy atom. The van der Waals surface area contributed by atoms with E-state index >= 15 is 0 Å². The third-order valence-corrected chi connectivity index (χ3v) is 5.95. The van der Waals surface area contributed by atoms with E-state index in [1.54, 1.807) is 41.7 Å². The van der Waals surface area contributed by atoms with E-state index in [-0.39, 0.29) is 27.5 Å². The Morgan fingerprint density at radius 3 is 2.44 bits per heavy atom. The Morgan fingerprint density at radius 1 is 0.971 bits per heavy atom. The highest BCUT2D eigenvalue weighted by Gasteiger charge is 2.18. The molecule has 2 amide bonds. The number of amides is 2. The SMILES string of the molecule is Cc1nc(-c2cccc(NC(=O)c3ccccc3NC(=O)c3ccc([N+](=O)[O-])cc3Cl)c2)cs1. The van der Waals surface area contributed by atoms with Gasteiger partial charge in [0.2, 0.25) is 0 Å². The van der Waals surface area contributed by atoms with E-state index in [0.29, 0.717) is 5.69 Å². The van der Waals surface area contributed by atoms with Gasteiger partial charge in [-0.25, -0.2) is 4.98 Å². The number of carbonyl (C=O) groups is 2. The van der Waals surface area contributed by atoms with Crippen LogP contribution in [0.1, 0.15) is 25.7 Å². The molecule has 34 heavy (non-hydrogen) atoms. The molecular weight excluding hydrogens is 476 g/mol. The Bertz CT molecular complexity index is 1420. The fourth-order valence-corrected chi connectivity index (χ4v) is 4.11. The number of rotatable bonds is 6. The summed E-state index contributed by atoms with van der Waals surface area (Å²) in [6, 6.07) is 17.4. The zero-order chi connectivity index (χ0) is 24.2. The van der Waals surface area contributed by atoms with E-state index in [4.69, 9.17) is 11.6 Å². The average molecular weight is 493 g/mol. The monoisotopic (exact) mass is 492 g/mol. The van der Waals surface area contributed by atoms with E-state index in [0.717, 1.165) is 22.3 Å². The first-order chi connectivity index (χ1) is 16.3. The molecule has 0 radical (unpaired) electrons. The summed E-state index contributed by atoms with van der Waals surface area (Å²) >= 11 is 7.61. The molecule has 4 aromatic rings. The van der Waals surface area contributed by atoms with Gasteiger partial charge in [0.25, 0.3) is 17.5 Å². The lowest BCUT2D eigenvalue weighted by atomic mass is 10.1. The lowest BCUT2D eigenvalue weighted by Gasteiger charge is -2.12. The molecule has 0 unspecified atom stereocenters. The van der Waals surface area contributed by atoms with Gasteiger partial charge in [-0.2, -0.15) is 0 Å². The molecule has 0 saturated carbocycles. The molecule has 8 nitrogen and oxygen atoms in total. The predicted molar refractivity (Wildman–Crippen MR) is 133 cm³/mol. The van der Waals surface area contributed by atoms with Crippen LogP contribution in [0.3, 0.4) is 0 Å². The normalized spacial score (nSPS) is 10.5. The van der Waals surface area contributed by atoms with E-state index in [2.05, 4.69) is 15.6 Å². The van der Waals surface area contributed by atoms with Crippen molar-refractivity contribution in [3.8, 4) is 11.3 Å². The number of hydrogen-bond donors (Lipinski definition) is 2. The van der Waals surface area contributed by atoms with Crippen LogP contribution in [0.15, 0.2) is 72.1 Å². The molecule has 2 N–H and O–H groups in total. The van der Waals surface area contributed by atoms with Crippen LogP contribution < -0.4 is 10.6 Å². The highest BCUT2D eigenvalue weighted by Crippen LogP contribution is 2.26. The summed E-state index contributed by atoms with van der Waals surface area (Å²) in [7, 11) is 0. The number of thiazole rings is 1. The fourth-order valence-electron chi connectivity index (χ4n) is 3.23. The summed E-state index contributed by atoms with van der Waals surface area (Å²) < 4.78 is 0. The summed E-state index contributed by atoms with van der Waals surface area (Å²) in [6.07, 6.45) is 0. The van der Waals surface area contributed by atoms with Gasteiger partial charge in [0.05, 0.1) is 37.5 Å². The number of nitro benzene ring substituents is 1. The number of non-ortho nitro benzene ring substituents is 1. The number of hydrogen-bond acceptors (Lipinski definition) is 6. The van der Waals surface area contributed by atoms with Crippen molar-refractivity contribution in [2.75, 3.05) is 10.6 Å². The fraction of sp³-hybridized carbons (Fsp3) is 0.0417. The Labute approximate surface area is 203 Å². The van der Waals surface area contributed by atoms with Gasteiger partial charge in [0, 0.05) is 28.8 Å². The first-order valence-corrected chi connectivity index (χ1v) is 11.3. The van der Waals surface area contributed by atoms with Gasteiger partial charge in [-0.15, -0.1) is 11.3 Å². The number of aromatic nitrogens is 1. The van der Waals surface area contributed by atoms with Crippen LogP contribution in [-0.4, -0.2) is 21.7 Å². The van der Waals surface area contributed by atoms with Crippen LogP contribution in [-0.2, 0) is 0 Å². The Hall–Kier alpha value is -4.08. The van der Waals surface area contributed by atoms with Crippen LogP contribution in [0.4, 0.5) is 17.1 Å². The van der Waals surface area contributed by atoms with Gasteiger partial charge in [-0.3, -0.25) is 19.7 Å². The van der Waals surface area contributed by atoms with E-state index in [1.165, 1.54) is 12.1 Å². The zero-order valence-corrected chi connectivity index (χ0v) is 19.3. The van der Waals surface area contributed by atoms with Crippen molar-refractivity contribution < 1.29 is 14.5 Å². The Balaban J connectivity index is 1.54. The van der Waals surface area contributed by atoms with E-state index in [9.17, 15) is 19.7 Å².